The van der Waals surface area contributed by atoms with Crippen molar-refractivity contribution in [1.29, 1.82) is 0 Å². The highest BCUT2D eigenvalue weighted by atomic mass is 35.5. The Morgan fingerprint density at radius 3 is 2.58 bits per heavy atom. The summed E-state index contributed by atoms with van der Waals surface area (Å²) >= 11 is 5.90. The molecule has 2 heterocycles. The van der Waals surface area contributed by atoms with Gasteiger partial charge in [-0.15, -0.1) is 0 Å². The minimum absolute atomic E-state index is 0.0516. The third-order valence-electron chi connectivity index (χ3n) is 3.20. The summed E-state index contributed by atoms with van der Waals surface area (Å²) in [4.78, 5) is 4.60. The van der Waals surface area contributed by atoms with E-state index >= 15 is 0 Å². The Morgan fingerprint density at radius 1 is 1.16 bits per heavy atom. The fraction of sp³-hybridized carbons (Fsp3) is 0.133. The molecule has 19 heavy (non-hydrogen) atoms. The van der Waals surface area contributed by atoms with Crippen LogP contribution in [-0.2, 0) is 6.61 Å². The molecule has 2 aromatic heterocycles. The van der Waals surface area contributed by atoms with Gasteiger partial charge < -0.3 is 5.11 Å². The molecule has 4 heteroatoms. The standard InChI is InChI=1S/C15H13ClN2O/c1-10-3-2-4-14-17-15(13(9-19)18(10)14)11-5-7-12(16)8-6-11/h2-8,19H,9H2,1H3. The molecule has 0 atom stereocenters. The summed E-state index contributed by atoms with van der Waals surface area (Å²) < 4.78 is 1.98. The number of aryl methyl sites for hydroxylation is 1. The van der Waals surface area contributed by atoms with E-state index in [1.54, 1.807) is 0 Å². The number of aliphatic hydroxyl groups excluding tert-OH is 1. The van der Waals surface area contributed by atoms with Crippen molar-refractivity contribution in [2.45, 2.75) is 13.5 Å². The Balaban J connectivity index is 2.29. The average Bonchev–Trinajstić information content (AvgIpc) is 2.79. The van der Waals surface area contributed by atoms with Crippen molar-refractivity contribution >= 4 is 17.2 Å². The van der Waals surface area contributed by atoms with Gasteiger partial charge in [0.05, 0.1) is 18.0 Å². The predicted molar refractivity (Wildman–Crippen MR) is 76.3 cm³/mol. The van der Waals surface area contributed by atoms with Gasteiger partial charge in [0.15, 0.2) is 0 Å². The largest absolute Gasteiger partial charge is 0.390 e. The van der Waals surface area contributed by atoms with E-state index in [0.717, 1.165) is 28.3 Å². The normalized spacial score (nSPS) is 11.1. The van der Waals surface area contributed by atoms with Gasteiger partial charge in [0.25, 0.3) is 0 Å². The van der Waals surface area contributed by atoms with Crippen LogP contribution in [0.15, 0.2) is 42.5 Å². The number of halogens is 1. The number of benzene rings is 1. The minimum atomic E-state index is -0.0516. The van der Waals surface area contributed by atoms with Crippen molar-refractivity contribution in [3.05, 3.63) is 58.9 Å². The van der Waals surface area contributed by atoms with Crippen LogP contribution < -0.4 is 0 Å². The highest BCUT2D eigenvalue weighted by Crippen LogP contribution is 2.26. The number of imidazole rings is 1. The summed E-state index contributed by atoms with van der Waals surface area (Å²) in [7, 11) is 0. The minimum Gasteiger partial charge on any atom is -0.390 e. The zero-order valence-corrected chi connectivity index (χ0v) is 11.2. The summed E-state index contributed by atoms with van der Waals surface area (Å²) in [6.45, 7) is 1.95. The maximum absolute atomic E-state index is 9.66. The van der Waals surface area contributed by atoms with Crippen molar-refractivity contribution in [2.24, 2.45) is 0 Å². The zero-order chi connectivity index (χ0) is 13.4. The van der Waals surface area contributed by atoms with Crippen molar-refractivity contribution in [3.8, 4) is 11.3 Å². The lowest BCUT2D eigenvalue weighted by Gasteiger charge is -2.04. The Kier molecular flexibility index (Phi) is 3.01. The monoisotopic (exact) mass is 272 g/mol. The molecule has 0 aliphatic rings. The van der Waals surface area contributed by atoms with E-state index in [9.17, 15) is 5.11 Å². The molecule has 0 saturated carbocycles. The molecule has 3 nitrogen and oxygen atoms in total. The SMILES string of the molecule is Cc1cccc2nc(-c3ccc(Cl)cc3)c(CO)n12. The third kappa shape index (κ3) is 2.01. The van der Waals surface area contributed by atoms with E-state index in [1.807, 2.05) is 53.8 Å². The molecule has 96 valence electrons. The average molecular weight is 273 g/mol. The van der Waals surface area contributed by atoms with Crippen LogP contribution in [-0.4, -0.2) is 14.5 Å². The molecule has 0 aliphatic heterocycles. The molecule has 0 bridgehead atoms. The van der Waals surface area contributed by atoms with Crippen LogP contribution in [0.3, 0.4) is 0 Å². The maximum Gasteiger partial charge on any atom is 0.137 e. The smallest absolute Gasteiger partial charge is 0.137 e. The maximum atomic E-state index is 9.66. The molecule has 0 saturated heterocycles. The summed E-state index contributed by atoms with van der Waals surface area (Å²) in [5.74, 6) is 0. The van der Waals surface area contributed by atoms with Crippen LogP contribution in [0.5, 0.6) is 0 Å². The van der Waals surface area contributed by atoms with Crippen molar-refractivity contribution in [2.75, 3.05) is 0 Å². The second-order valence-corrected chi connectivity index (χ2v) is 4.87. The first-order valence-corrected chi connectivity index (χ1v) is 6.42. The van der Waals surface area contributed by atoms with Gasteiger partial charge in [-0.2, -0.15) is 0 Å². The van der Waals surface area contributed by atoms with Gasteiger partial charge >= 0.3 is 0 Å². The number of pyridine rings is 1. The van der Waals surface area contributed by atoms with Crippen molar-refractivity contribution < 1.29 is 5.11 Å². The molecule has 3 aromatic rings. The topological polar surface area (TPSA) is 37.5 Å². The van der Waals surface area contributed by atoms with Gasteiger partial charge in [0, 0.05) is 16.3 Å². The van der Waals surface area contributed by atoms with Crippen molar-refractivity contribution in [1.82, 2.24) is 9.38 Å². The number of fused-ring (bicyclic) bond motifs is 1. The Bertz CT molecular complexity index is 732. The molecular weight excluding hydrogens is 260 g/mol. The number of nitrogens with zero attached hydrogens (tertiary/aromatic N) is 2. The molecular formula is C15H13ClN2O. The van der Waals surface area contributed by atoms with E-state index in [-0.39, 0.29) is 6.61 Å². The number of hydrogen-bond donors (Lipinski definition) is 1. The number of aliphatic hydroxyl groups is 1. The Labute approximate surface area is 116 Å². The molecule has 0 radical (unpaired) electrons. The lowest BCUT2D eigenvalue weighted by molar-refractivity contribution is 0.276. The van der Waals surface area contributed by atoms with E-state index in [0.29, 0.717) is 5.02 Å². The Morgan fingerprint density at radius 2 is 1.89 bits per heavy atom. The number of hydrogen-bond acceptors (Lipinski definition) is 2. The van der Waals surface area contributed by atoms with Crippen LogP contribution in [0.25, 0.3) is 16.9 Å². The van der Waals surface area contributed by atoms with Gasteiger partial charge in [-0.25, -0.2) is 4.98 Å². The molecule has 0 amide bonds. The molecule has 0 unspecified atom stereocenters. The van der Waals surface area contributed by atoms with Gasteiger partial charge in [0.1, 0.15) is 5.65 Å². The molecule has 0 spiro atoms. The summed E-state index contributed by atoms with van der Waals surface area (Å²) in [6, 6.07) is 13.4. The Hall–Kier alpha value is -1.84. The van der Waals surface area contributed by atoms with Crippen LogP contribution in [0.4, 0.5) is 0 Å². The molecule has 0 aliphatic carbocycles. The first kappa shape index (κ1) is 12.2. The van der Waals surface area contributed by atoms with Gasteiger partial charge in [-0.1, -0.05) is 29.8 Å². The quantitative estimate of drug-likeness (QED) is 0.776. The summed E-state index contributed by atoms with van der Waals surface area (Å²) in [6.07, 6.45) is 0. The molecule has 1 aromatic carbocycles. The van der Waals surface area contributed by atoms with E-state index in [1.165, 1.54) is 0 Å². The van der Waals surface area contributed by atoms with Crippen LogP contribution in [0, 0.1) is 6.92 Å². The lowest BCUT2D eigenvalue weighted by Crippen LogP contribution is -1.97. The first-order valence-electron chi connectivity index (χ1n) is 6.04. The number of aromatic nitrogens is 2. The van der Waals surface area contributed by atoms with E-state index in [4.69, 9.17) is 11.6 Å². The van der Waals surface area contributed by atoms with Crippen LogP contribution in [0.1, 0.15) is 11.4 Å². The van der Waals surface area contributed by atoms with Crippen molar-refractivity contribution in [3.63, 3.8) is 0 Å². The predicted octanol–water partition coefficient (Wildman–Crippen LogP) is 3.46. The summed E-state index contributed by atoms with van der Waals surface area (Å²) in [5.41, 5.74) is 4.45. The molecule has 3 rings (SSSR count). The van der Waals surface area contributed by atoms with Gasteiger partial charge in [-0.3, -0.25) is 4.40 Å². The van der Waals surface area contributed by atoms with Crippen LogP contribution in [0.2, 0.25) is 5.02 Å². The highest BCUT2D eigenvalue weighted by Gasteiger charge is 2.14. The van der Waals surface area contributed by atoms with Gasteiger partial charge in [0.2, 0.25) is 0 Å². The van der Waals surface area contributed by atoms with E-state index < -0.39 is 0 Å². The molecule has 0 fully saturated rings. The lowest BCUT2D eigenvalue weighted by atomic mass is 10.1. The van der Waals surface area contributed by atoms with E-state index in [2.05, 4.69) is 4.98 Å². The highest BCUT2D eigenvalue weighted by molar-refractivity contribution is 6.30. The molecule has 1 N–H and O–H groups in total. The summed E-state index contributed by atoms with van der Waals surface area (Å²) in [5, 5.41) is 10.3. The zero-order valence-electron chi connectivity index (χ0n) is 10.5. The first-order chi connectivity index (χ1) is 9.20. The third-order valence-corrected chi connectivity index (χ3v) is 3.45. The van der Waals surface area contributed by atoms with Crippen LogP contribution >= 0.6 is 11.6 Å². The number of rotatable bonds is 2. The van der Waals surface area contributed by atoms with Gasteiger partial charge in [-0.05, 0) is 31.2 Å². The second-order valence-electron chi connectivity index (χ2n) is 4.43. The fourth-order valence-corrected chi connectivity index (χ4v) is 2.44. The fourth-order valence-electron chi connectivity index (χ4n) is 2.31. The second kappa shape index (κ2) is 4.68.